The van der Waals surface area contributed by atoms with Gasteiger partial charge < -0.3 is 9.42 Å². The Morgan fingerprint density at radius 2 is 1.67 bits per heavy atom. The van der Waals surface area contributed by atoms with Crippen LogP contribution in [0, 0.1) is 0 Å². The minimum absolute atomic E-state index is 0.307. The van der Waals surface area contributed by atoms with Gasteiger partial charge in [0.2, 0.25) is 0 Å². The highest BCUT2D eigenvalue weighted by molar-refractivity contribution is 7.95. The van der Waals surface area contributed by atoms with E-state index in [9.17, 15) is 26.3 Å². The summed E-state index contributed by atoms with van der Waals surface area (Å²) < 4.78 is 69.1. The zero-order chi connectivity index (χ0) is 14.6. The van der Waals surface area contributed by atoms with E-state index in [1.807, 2.05) is 0 Å². The molecule has 0 aromatic heterocycles. The van der Waals surface area contributed by atoms with Gasteiger partial charge in [0, 0.05) is 0 Å². The van der Waals surface area contributed by atoms with E-state index in [0.717, 1.165) is 0 Å². The summed E-state index contributed by atoms with van der Waals surface area (Å²) in [6.07, 6.45) is 0.535. The van der Waals surface area contributed by atoms with Crippen LogP contribution >= 0.6 is 7.60 Å². The number of hydrogen-bond donors (Lipinski definition) is 1. The first-order chi connectivity index (χ1) is 7.96. The highest BCUT2D eigenvalue weighted by Crippen LogP contribution is 2.51. The molecule has 2 unspecified atom stereocenters. The molecule has 0 aromatic rings. The molecule has 2 atom stereocenters. The molecule has 0 fully saturated rings. The van der Waals surface area contributed by atoms with Gasteiger partial charge >= 0.3 is 22.9 Å². The van der Waals surface area contributed by atoms with E-state index in [0.29, 0.717) is 6.26 Å². The third kappa shape index (κ3) is 5.74. The lowest BCUT2D eigenvalue weighted by Crippen LogP contribution is -2.29. The van der Waals surface area contributed by atoms with E-state index < -0.39 is 33.0 Å². The number of hydrogen-bond acceptors (Lipinski definition) is 8. The van der Waals surface area contributed by atoms with Crippen molar-refractivity contribution in [2.45, 2.75) is 19.0 Å². The standard InChI is InChI=1S/C6H15O9PS2/c1-4-13-16(7,8)6(15-17(3,9)10)18(11,12)14-5-2/h6H,4-5H2,1-3H3,(H,7,8). The van der Waals surface area contributed by atoms with Gasteiger partial charge in [-0.1, -0.05) is 0 Å². The predicted molar refractivity (Wildman–Crippen MR) is 61.7 cm³/mol. The molecule has 18 heavy (non-hydrogen) atoms. The zero-order valence-electron chi connectivity index (χ0n) is 9.97. The van der Waals surface area contributed by atoms with Crippen molar-refractivity contribution >= 4 is 27.8 Å². The van der Waals surface area contributed by atoms with Crippen LogP contribution in [0.3, 0.4) is 0 Å². The molecule has 110 valence electrons. The average molecular weight is 326 g/mol. The van der Waals surface area contributed by atoms with Crippen LogP contribution in [-0.2, 0) is 37.7 Å². The minimum atomic E-state index is -4.86. The molecule has 0 saturated heterocycles. The van der Waals surface area contributed by atoms with Crippen molar-refractivity contribution in [3.8, 4) is 0 Å². The Morgan fingerprint density at radius 3 is 2.00 bits per heavy atom. The fourth-order valence-corrected chi connectivity index (χ4v) is 5.51. The Balaban J connectivity index is 5.53. The second-order valence-corrected chi connectivity index (χ2v) is 8.44. The van der Waals surface area contributed by atoms with Gasteiger partial charge in [-0.15, -0.1) is 0 Å². The van der Waals surface area contributed by atoms with Gasteiger partial charge in [-0.25, -0.2) is 4.18 Å². The van der Waals surface area contributed by atoms with Gasteiger partial charge in [-0.2, -0.15) is 16.8 Å². The van der Waals surface area contributed by atoms with Crippen molar-refractivity contribution in [3.05, 3.63) is 0 Å². The predicted octanol–water partition coefficient (Wildman–Crippen LogP) is -0.166. The summed E-state index contributed by atoms with van der Waals surface area (Å²) in [5.74, 6) is 0. The molecular weight excluding hydrogens is 311 g/mol. The number of rotatable bonds is 8. The summed E-state index contributed by atoms with van der Waals surface area (Å²) >= 11 is 0. The van der Waals surface area contributed by atoms with Crippen LogP contribution in [0.25, 0.3) is 0 Å². The topological polar surface area (TPSA) is 133 Å². The Labute approximate surface area is 106 Å². The van der Waals surface area contributed by atoms with Crippen molar-refractivity contribution in [1.82, 2.24) is 0 Å². The van der Waals surface area contributed by atoms with Crippen molar-refractivity contribution < 1.29 is 39.2 Å². The average Bonchev–Trinajstić information content (AvgIpc) is 2.12. The summed E-state index contributed by atoms with van der Waals surface area (Å²) in [5, 5.41) is -2.64. The van der Waals surface area contributed by atoms with E-state index >= 15 is 0 Å². The molecule has 0 aliphatic carbocycles. The van der Waals surface area contributed by atoms with Gasteiger partial charge in [0.1, 0.15) is 0 Å². The lowest BCUT2D eigenvalue weighted by Gasteiger charge is -2.20. The Hall–Kier alpha value is -0.0300. The van der Waals surface area contributed by atoms with Gasteiger partial charge in [-0.3, -0.25) is 8.75 Å². The third-order valence-electron chi connectivity index (χ3n) is 1.37. The van der Waals surface area contributed by atoms with Crippen LogP contribution in [-0.4, -0.2) is 46.4 Å². The smallest absolute Gasteiger partial charge is 0.322 e. The molecule has 12 heteroatoms. The first-order valence-corrected chi connectivity index (χ1v) is 9.63. The lowest BCUT2D eigenvalue weighted by atomic mass is 10.9. The van der Waals surface area contributed by atoms with Gasteiger partial charge in [0.05, 0.1) is 19.5 Å². The van der Waals surface area contributed by atoms with Crippen LogP contribution in [0.2, 0.25) is 0 Å². The largest absolute Gasteiger partial charge is 0.376 e. The maximum atomic E-state index is 11.6. The minimum Gasteiger partial charge on any atom is -0.322 e. The Kier molecular flexibility index (Phi) is 6.41. The summed E-state index contributed by atoms with van der Waals surface area (Å²) in [4.78, 5) is 9.38. The normalized spacial score (nSPS) is 18.2. The highest BCUT2D eigenvalue weighted by atomic mass is 32.2. The van der Waals surface area contributed by atoms with Crippen molar-refractivity contribution in [3.63, 3.8) is 0 Å². The molecule has 0 bridgehead atoms. The van der Waals surface area contributed by atoms with Gasteiger partial charge in [0.25, 0.3) is 10.1 Å². The van der Waals surface area contributed by atoms with Crippen molar-refractivity contribution in [1.29, 1.82) is 0 Å². The van der Waals surface area contributed by atoms with E-state index in [1.165, 1.54) is 13.8 Å². The Morgan fingerprint density at radius 1 is 1.17 bits per heavy atom. The molecule has 0 rings (SSSR count). The molecule has 0 saturated carbocycles. The van der Waals surface area contributed by atoms with Gasteiger partial charge in [0.15, 0.2) is 0 Å². The van der Waals surface area contributed by atoms with E-state index in [4.69, 9.17) is 0 Å². The molecule has 0 radical (unpaired) electrons. The first kappa shape index (κ1) is 18.0. The fraction of sp³-hybridized carbons (Fsp3) is 1.00. The first-order valence-electron chi connectivity index (χ1n) is 4.69. The van der Waals surface area contributed by atoms with Crippen LogP contribution < -0.4 is 0 Å². The fourth-order valence-electron chi connectivity index (χ4n) is 0.883. The quantitative estimate of drug-likeness (QED) is 0.476. The molecule has 0 aliphatic rings. The molecule has 9 nitrogen and oxygen atoms in total. The molecule has 0 amide bonds. The zero-order valence-corrected chi connectivity index (χ0v) is 12.5. The Bertz CT molecular complexity index is 507. The van der Waals surface area contributed by atoms with Crippen LogP contribution in [0.1, 0.15) is 13.8 Å². The van der Waals surface area contributed by atoms with Crippen LogP contribution in [0.15, 0.2) is 0 Å². The van der Waals surface area contributed by atoms with Crippen molar-refractivity contribution in [2.75, 3.05) is 19.5 Å². The second-order valence-electron chi connectivity index (χ2n) is 2.99. The maximum absolute atomic E-state index is 11.6. The molecule has 0 aromatic carbocycles. The monoisotopic (exact) mass is 326 g/mol. The second kappa shape index (κ2) is 6.42. The van der Waals surface area contributed by atoms with E-state index in [1.54, 1.807) is 0 Å². The van der Waals surface area contributed by atoms with Crippen LogP contribution in [0.5, 0.6) is 0 Å². The van der Waals surface area contributed by atoms with E-state index in [-0.39, 0.29) is 13.2 Å². The highest BCUT2D eigenvalue weighted by Gasteiger charge is 2.47. The maximum Gasteiger partial charge on any atom is 0.376 e. The summed E-state index contributed by atoms with van der Waals surface area (Å²) in [6.45, 7) is 1.98. The lowest BCUT2D eigenvalue weighted by molar-refractivity contribution is 0.215. The van der Waals surface area contributed by atoms with E-state index in [2.05, 4.69) is 12.9 Å². The summed E-state index contributed by atoms with van der Waals surface area (Å²) in [7, 11) is -13.9. The molecule has 0 aliphatic heterocycles. The van der Waals surface area contributed by atoms with Gasteiger partial charge in [-0.05, 0) is 13.8 Å². The molecule has 1 N–H and O–H groups in total. The molecule has 0 spiro atoms. The summed E-state index contributed by atoms with van der Waals surface area (Å²) in [5.41, 5.74) is 0. The summed E-state index contributed by atoms with van der Waals surface area (Å²) in [6, 6.07) is 0. The van der Waals surface area contributed by atoms with Crippen LogP contribution in [0.4, 0.5) is 0 Å². The van der Waals surface area contributed by atoms with Crippen molar-refractivity contribution in [2.24, 2.45) is 0 Å². The SMILES string of the molecule is CCOP(=O)(O)C(OS(C)(=O)=O)S(=O)(=O)OCC. The molecule has 0 heterocycles. The third-order valence-corrected chi connectivity index (χ3v) is 6.17. The molecular formula is C6H15O9PS2.